The normalized spacial score (nSPS) is 44.4. The maximum absolute atomic E-state index is 14.1. The van der Waals surface area contributed by atoms with Crippen LogP contribution >= 0.6 is 0 Å². The standard InChI is InChI=1S/C44H61NO9/c1-24(2)25(3)38-39(54-38)43(52)12-5-8-28-19-31-32(21-34(48)33-22-35(49)36(50)23-41(31,33)4)44(53)14-10-37(43)42(28,44)13-9-26-17-29(20-30(47)18-26)45-15-11-27(40(45)51)7-6-16-46/h5,8,17-18,20-21,24-25,27-28,31,33,35-39,46-47,49-50,52-53H,6-7,9-16,19,22-23H2,1-4H3/t25-,27+,28-,31+,33+,35-,36+,37+,38+,39-,41-,42-,43-,44-/m1/s1. The molecule has 0 spiro atoms. The zero-order valence-electron chi connectivity index (χ0n) is 32.4. The highest BCUT2D eigenvalue weighted by molar-refractivity contribution is 5.97. The Morgan fingerprint density at radius 2 is 1.80 bits per heavy atom. The molecule has 1 aromatic rings. The van der Waals surface area contributed by atoms with E-state index in [2.05, 4.69) is 39.8 Å². The van der Waals surface area contributed by atoms with Crippen molar-refractivity contribution in [1.82, 2.24) is 0 Å². The summed E-state index contributed by atoms with van der Waals surface area (Å²) in [6.07, 6.45) is 8.81. The topological polar surface area (TPSA) is 171 Å². The fourth-order valence-corrected chi connectivity index (χ4v) is 12.9. The molecule has 0 radical (unpaired) electrons. The van der Waals surface area contributed by atoms with E-state index in [4.69, 9.17) is 4.74 Å². The number of rotatable bonds is 10. The summed E-state index contributed by atoms with van der Waals surface area (Å²) in [7, 11) is 0. The quantitative estimate of drug-likeness (QED) is 0.148. The number of benzene rings is 1. The molecule has 0 bridgehead atoms. The highest BCUT2D eigenvalue weighted by Gasteiger charge is 2.75. The van der Waals surface area contributed by atoms with Gasteiger partial charge < -0.3 is 40.3 Å². The Hall–Kier alpha value is -2.60. The number of phenols is 1. The number of ketones is 1. The number of phenolic OH excluding ortho intramolecular Hbond substituents is 1. The molecule has 1 aromatic carbocycles. The van der Waals surface area contributed by atoms with E-state index >= 15 is 0 Å². The molecule has 0 unspecified atom stereocenters. The molecule has 14 atom stereocenters. The maximum Gasteiger partial charge on any atom is 0.230 e. The van der Waals surface area contributed by atoms with Gasteiger partial charge in [0, 0.05) is 48.1 Å². The number of epoxide rings is 1. The second-order valence-electron chi connectivity index (χ2n) is 19.0. The van der Waals surface area contributed by atoms with Crippen molar-refractivity contribution in [3.05, 3.63) is 47.6 Å². The molecule has 296 valence electrons. The molecular weight excluding hydrogens is 686 g/mol. The van der Waals surface area contributed by atoms with Crippen LogP contribution in [0.15, 0.2) is 42.0 Å². The first-order chi connectivity index (χ1) is 25.6. The Morgan fingerprint density at radius 1 is 1.02 bits per heavy atom. The van der Waals surface area contributed by atoms with Crippen LogP contribution in [0.25, 0.3) is 0 Å². The van der Waals surface area contributed by atoms with E-state index in [1.165, 1.54) is 0 Å². The summed E-state index contributed by atoms with van der Waals surface area (Å²) in [5, 5.41) is 68.6. The largest absolute Gasteiger partial charge is 0.508 e. The fraction of sp³-hybridized carbons (Fsp3) is 0.727. The molecule has 5 aliphatic carbocycles. The van der Waals surface area contributed by atoms with Gasteiger partial charge in [-0.25, -0.2) is 0 Å². The molecule has 2 aliphatic heterocycles. The number of aryl methyl sites for hydroxylation is 1. The van der Waals surface area contributed by atoms with Gasteiger partial charge in [-0.3, -0.25) is 9.59 Å². The van der Waals surface area contributed by atoms with Gasteiger partial charge in [-0.1, -0.05) is 39.8 Å². The Balaban J connectivity index is 1.19. The van der Waals surface area contributed by atoms with Crippen molar-refractivity contribution in [2.45, 2.75) is 134 Å². The molecule has 10 heteroatoms. The predicted octanol–water partition coefficient (Wildman–Crippen LogP) is 4.61. The second kappa shape index (κ2) is 13.5. The molecule has 6 N–H and O–H groups in total. The van der Waals surface area contributed by atoms with Crippen molar-refractivity contribution in [3.63, 3.8) is 0 Å². The first-order valence-electron chi connectivity index (χ1n) is 20.7. The molecule has 2 heterocycles. The van der Waals surface area contributed by atoms with Crippen LogP contribution in [0.5, 0.6) is 5.75 Å². The van der Waals surface area contributed by atoms with E-state index in [1.807, 2.05) is 6.07 Å². The lowest BCUT2D eigenvalue weighted by atomic mass is 9.42. The van der Waals surface area contributed by atoms with Gasteiger partial charge in [-0.2, -0.15) is 0 Å². The van der Waals surface area contributed by atoms with E-state index in [-0.39, 0.29) is 78.7 Å². The van der Waals surface area contributed by atoms with Crippen LogP contribution in [0.3, 0.4) is 0 Å². The lowest BCUT2D eigenvalue weighted by Gasteiger charge is -2.63. The van der Waals surface area contributed by atoms with Crippen LogP contribution in [0.4, 0.5) is 5.69 Å². The van der Waals surface area contributed by atoms with Crippen LogP contribution in [0, 0.1) is 52.3 Å². The molecule has 54 heavy (non-hydrogen) atoms. The minimum Gasteiger partial charge on any atom is -0.508 e. The molecule has 2 saturated heterocycles. The number of anilines is 1. The van der Waals surface area contributed by atoms with Gasteiger partial charge in [0.2, 0.25) is 5.91 Å². The molecule has 3 saturated carbocycles. The Labute approximate surface area is 319 Å². The average Bonchev–Trinajstić information content (AvgIpc) is 3.78. The molecular formula is C44H61NO9. The number of hydrogen-bond acceptors (Lipinski definition) is 9. The lowest BCUT2D eigenvalue weighted by molar-refractivity contribution is -0.182. The Morgan fingerprint density at radius 3 is 2.54 bits per heavy atom. The number of fused-ring (bicyclic) bond motifs is 4. The molecule has 5 fully saturated rings. The first kappa shape index (κ1) is 38.3. The number of carbonyl (C=O) groups is 2. The molecule has 0 aromatic heterocycles. The summed E-state index contributed by atoms with van der Waals surface area (Å²) in [6, 6.07) is 5.31. The van der Waals surface area contributed by atoms with Crippen LogP contribution in [-0.2, 0) is 20.7 Å². The summed E-state index contributed by atoms with van der Waals surface area (Å²) in [6.45, 7) is 9.15. The van der Waals surface area contributed by atoms with E-state index in [9.17, 15) is 40.2 Å². The van der Waals surface area contributed by atoms with Crippen LogP contribution in [-0.4, -0.2) is 91.1 Å². The summed E-state index contributed by atoms with van der Waals surface area (Å²) >= 11 is 0. The van der Waals surface area contributed by atoms with Crippen molar-refractivity contribution < 1.29 is 45.0 Å². The number of carbonyl (C=O) groups excluding carboxylic acids is 2. The van der Waals surface area contributed by atoms with E-state index < -0.39 is 40.2 Å². The summed E-state index contributed by atoms with van der Waals surface area (Å²) in [4.78, 5) is 29.2. The van der Waals surface area contributed by atoms with Crippen molar-refractivity contribution in [1.29, 1.82) is 0 Å². The van der Waals surface area contributed by atoms with E-state index in [0.717, 1.165) is 5.56 Å². The number of amides is 1. The third kappa shape index (κ3) is 5.63. The minimum absolute atomic E-state index is 0.000953. The van der Waals surface area contributed by atoms with Gasteiger partial charge in [-0.15, -0.1) is 0 Å². The zero-order chi connectivity index (χ0) is 38.5. The maximum atomic E-state index is 14.1. The number of aromatic hydroxyl groups is 1. The van der Waals surface area contributed by atoms with Gasteiger partial charge in [0.1, 0.15) is 17.5 Å². The fourth-order valence-electron chi connectivity index (χ4n) is 12.9. The molecule has 10 nitrogen and oxygen atoms in total. The van der Waals surface area contributed by atoms with Crippen molar-refractivity contribution in [3.8, 4) is 5.75 Å². The Kier molecular flexibility index (Phi) is 9.58. The Bertz CT molecular complexity index is 1720. The number of aliphatic hydroxyl groups excluding tert-OH is 3. The highest BCUT2D eigenvalue weighted by Crippen LogP contribution is 2.73. The smallest absolute Gasteiger partial charge is 0.230 e. The summed E-state index contributed by atoms with van der Waals surface area (Å²) in [5.74, 6) is -0.777. The highest BCUT2D eigenvalue weighted by atomic mass is 16.6. The SMILES string of the molecule is CC(C)[C@@H](C)[C@@H]1O[C@H]1[C@@]1(O)CC=C[C@@H]2C[C@H]3C(=CC(=O)[C@@H]4C[C@@H](O)[C@@H](O)C[C@@]43C)[C@]3(O)CC[C@H]1[C@@]23CCc1cc(O)cc(N2CC[C@H](CCCO)C2=O)c1. The predicted molar refractivity (Wildman–Crippen MR) is 202 cm³/mol. The van der Waals surface area contributed by atoms with Gasteiger partial charge in [0.05, 0.1) is 23.9 Å². The van der Waals surface area contributed by atoms with Crippen LogP contribution in [0.2, 0.25) is 0 Å². The number of aliphatic hydroxyl groups is 5. The second-order valence-corrected chi connectivity index (χ2v) is 19.0. The van der Waals surface area contributed by atoms with Crippen molar-refractivity contribution in [2.75, 3.05) is 18.1 Å². The van der Waals surface area contributed by atoms with E-state index in [0.29, 0.717) is 81.5 Å². The van der Waals surface area contributed by atoms with Gasteiger partial charge in [-0.05, 0) is 129 Å². The number of hydrogen-bond donors (Lipinski definition) is 6. The van der Waals surface area contributed by atoms with Crippen LogP contribution in [0.1, 0.15) is 97.5 Å². The average molecular weight is 748 g/mol. The van der Waals surface area contributed by atoms with Gasteiger partial charge >= 0.3 is 0 Å². The van der Waals surface area contributed by atoms with Crippen LogP contribution < -0.4 is 4.90 Å². The van der Waals surface area contributed by atoms with Gasteiger partial charge in [0.25, 0.3) is 0 Å². The monoisotopic (exact) mass is 747 g/mol. The number of nitrogens with zero attached hydrogens (tertiary/aromatic N) is 1. The van der Waals surface area contributed by atoms with Gasteiger partial charge in [0.15, 0.2) is 5.78 Å². The van der Waals surface area contributed by atoms with E-state index in [1.54, 1.807) is 23.1 Å². The summed E-state index contributed by atoms with van der Waals surface area (Å²) < 4.78 is 6.40. The molecule has 7 aliphatic rings. The third-order valence-corrected chi connectivity index (χ3v) is 16.1. The minimum atomic E-state index is -1.43. The van der Waals surface area contributed by atoms with Crippen molar-refractivity contribution in [2.24, 2.45) is 52.3 Å². The lowest BCUT2D eigenvalue weighted by Crippen LogP contribution is -2.66. The first-order valence-corrected chi connectivity index (χ1v) is 20.7. The molecule has 1 amide bonds. The summed E-state index contributed by atoms with van der Waals surface area (Å²) in [5.41, 5.74) is -2.04. The molecule has 8 rings (SSSR count). The number of ether oxygens (including phenoxy) is 1. The number of allylic oxidation sites excluding steroid dienone is 2. The third-order valence-electron chi connectivity index (χ3n) is 16.1. The van der Waals surface area contributed by atoms with Crippen molar-refractivity contribution >= 4 is 17.4 Å². The zero-order valence-corrected chi connectivity index (χ0v) is 32.4.